The fraction of sp³-hybridized carbons (Fsp3) is 0.438. The Morgan fingerprint density at radius 2 is 2.11 bits per heavy atom. The van der Waals surface area contributed by atoms with Gasteiger partial charge in [0.05, 0.1) is 0 Å². The highest BCUT2D eigenvalue weighted by atomic mass is 16.2. The Balaban J connectivity index is 1.83. The van der Waals surface area contributed by atoms with Crippen LogP contribution in [0.4, 0.5) is 5.69 Å². The summed E-state index contributed by atoms with van der Waals surface area (Å²) in [6, 6.07) is 8.87. The van der Waals surface area contributed by atoms with E-state index < -0.39 is 0 Å². The van der Waals surface area contributed by atoms with Gasteiger partial charge in [0.15, 0.2) is 0 Å². The topological polar surface area (TPSA) is 32.3 Å². The molecule has 1 heterocycles. The van der Waals surface area contributed by atoms with Crippen molar-refractivity contribution in [3.05, 3.63) is 42.0 Å². The normalized spacial score (nSPS) is 26.4. The van der Waals surface area contributed by atoms with Gasteiger partial charge < -0.3 is 10.2 Å². The number of para-hydroxylation sites is 1. The number of benzene rings is 1. The van der Waals surface area contributed by atoms with Gasteiger partial charge in [-0.15, -0.1) is 0 Å². The van der Waals surface area contributed by atoms with Crippen LogP contribution in [0.1, 0.15) is 37.3 Å². The zero-order chi connectivity index (χ0) is 13.2. The molecule has 2 unspecified atom stereocenters. The molecule has 2 aliphatic rings. The Kier molecular flexibility index (Phi) is 3.38. The molecule has 3 rings (SSSR count). The van der Waals surface area contributed by atoms with Gasteiger partial charge in [-0.3, -0.25) is 4.79 Å². The second-order valence-electron chi connectivity index (χ2n) is 5.42. The summed E-state index contributed by atoms with van der Waals surface area (Å²) in [4.78, 5) is 13.9. The number of hydrogen-bond acceptors (Lipinski definition) is 2. The number of amides is 1. The number of anilines is 1. The summed E-state index contributed by atoms with van der Waals surface area (Å²) in [5, 5.41) is 3.67. The Morgan fingerprint density at radius 1 is 1.26 bits per heavy atom. The van der Waals surface area contributed by atoms with Crippen molar-refractivity contribution in [3.8, 4) is 0 Å². The van der Waals surface area contributed by atoms with Crippen LogP contribution in [0.5, 0.6) is 0 Å². The monoisotopic (exact) mass is 256 g/mol. The molecule has 1 aliphatic heterocycles. The van der Waals surface area contributed by atoms with Crippen LogP contribution < -0.4 is 10.2 Å². The molecule has 0 saturated heterocycles. The lowest BCUT2D eigenvalue weighted by molar-refractivity contribution is -0.119. The summed E-state index contributed by atoms with van der Waals surface area (Å²) < 4.78 is 0. The maximum Gasteiger partial charge on any atom is 0.228 e. The maximum absolute atomic E-state index is 12.1. The van der Waals surface area contributed by atoms with Crippen molar-refractivity contribution in [1.29, 1.82) is 0 Å². The summed E-state index contributed by atoms with van der Waals surface area (Å²) in [5.41, 5.74) is 2.29. The minimum absolute atomic E-state index is 0.163. The van der Waals surface area contributed by atoms with Crippen LogP contribution >= 0.6 is 0 Å². The third-order valence-corrected chi connectivity index (χ3v) is 4.13. The predicted octanol–water partition coefficient (Wildman–Crippen LogP) is 2.79. The zero-order valence-corrected chi connectivity index (χ0v) is 11.3. The molecule has 0 spiro atoms. The van der Waals surface area contributed by atoms with Crippen molar-refractivity contribution >= 4 is 11.6 Å². The lowest BCUT2D eigenvalue weighted by Gasteiger charge is -2.34. The molecule has 1 aromatic rings. The Morgan fingerprint density at radius 3 is 2.89 bits per heavy atom. The van der Waals surface area contributed by atoms with E-state index in [1.807, 2.05) is 19.2 Å². The van der Waals surface area contributed by atoms with Crippen molar-refractivity contribution in [2.75, 3.05) is 11.9 Å². The average Bonchev–Trinajstić information content (AvgIpc) is 2.46. The molecule has 1 aliphatic carbocycles. The summed E-state index contributed by atoms with van der Waals surface area (Å²) in [6.07, 6.45) is 8.42. The van der Waals surface area contributed by atoms with Gasteiger partial charge in [-0.1, -0.05) is 30.4 Å². The molecule has 100 valence electrons. The first-order valence-electron chi connectivity index (χ1n) is 7.02. The van der Waals surface area contributed by atoms with E-state index in [-0.39, 0.29) is 11.9 Å². The second kappa shape index (κ2) is 5.17. The Labute approximate surface area is 114 Å². The van der Waals surface area contributed by atoms with Crippen molar-refractivity contribution in [1.82, 2.24) is 5.32 Å². The minimum Gasteiger partial charge on any atom is -0.315 e. The molecule has 0 radical (unpaired) electrons. The molecule has 1 amide bonds. The molecule has 0 saturated carbocycles. The standard InChI is InChI=1S/C16H20N2O/c1-18-15-10-6-5-9-13(15)14(11-16(18)19)17-12-7-3-2-4-8-12/h2-3,5-6,9-10,12,14,17H,4,7-8,11H2,1H3. The van der Waals surface area contributed by atoms with Gasteiger partial charge in [0, 0.05) is 31.2 Å². The van der Waals surface area contributed by atoms with E-state index in [9.17, 15) is 4.79 Å². The van der Waals surface area contributed by atoms with Gasteiger partial charge in [0.2, 0.25) is 5.91 Å². The van der Waals surface area contributed by atoms with Crippen molar-refractivity contribution in [3.63, 3.8) is 0 Å². The molecule has 3 heteroatoms. The molecule has 19 heavy (non-hydrogen) atoms. The molecule has 1 N–H and O–H groups in total. The number of rotatable bonds is 2. The van der Waals surface area contributed by atoms with Gasteiger partial charge in [-0.2, -0.15) is 0 Å². The molecule has 0 fully saturated rings. The molecular weight excluding hydrogens is 236 g/mol. The van der Waals surface area contributed by atoms with Gasteiger partial charge >= 0.3 is 0 Å². The van der Waals surface area contributed by atoms with Crippen LogP contribution in [0.25, 0.3) is 0 Å². The van der Waals surface area contributed by atoms with Crippen molar-refractivity contribution in [2.24, 2.45) is 0 Å². The molecule has 0 aromatic heterocycles. The molecule has 0 bridgehead atoms. The van der Waals surface area contributed by atoms with E-state index in [2.05, 4.69) is 29.6 Å². The summed E-state index contributed by atoms with van der Waals surface area (Å²) in [6.45, 7) is 0. The van der Waals surface area contributed by atoms with Crippen LogP contribution in [-0.2, 0) is 4.79 Å². The number of fused-ring (bicyclic) bond motifs is 1. The maximum atomic E-state index is 12.1. The predicted molar refractivity (Wildman–Crippen MR) is 77.1 cm³/mol. The highest BCUT2D eigenvalue weighted by Crippen LogP contribution is 2.34. The lowest BCUT2D eigenvalue weighted by atomic mass is 9.93. The van der Waals surface area contributed by atoms with Gasteiger partial charge in [0.25, 0.3) is 0 Å². The number of carbonyl (C=O) groups excluding carboxylic acids is 1. The largest absolute Gasteiger partial charge is 0.315 e. The first-order chi connectivity index (χ1) is 9.25. The van der Waals surface area contributed by atoms with Crippen LogP contribution in [0.2, 0.25) is 0 Å². The summed E-state index contributed by atoms with van der Waals surface area (Å²) in [7, 11) is 1.86. The van der Waals surface area contributed by atoms with Gasteiger partial charge in [-0.05, 0) is 30.9 Å². The van der Waals surface area contributed by atoms with E-state index in [1.54, 1.807) is 4.90 Å². The zero-order valence-electron chi connectivity index (χ0n) is 11.3. The Hall–Kier alpha value is -1.61. The third kappa shape index (κ3) is 2.43. The fourth-order valence-electron chi connectivity index (χ4n) is 3.02. The SMILES string of the molecule is CN1C(=O)CC(NC2CC=CCC2)c2ccccc21. The second-order valence-corrected chi connectivity index (χ2v) is 5.42. The summed E-state index contributed by atoms with van der Waals surface area (Å²) >= 11 is 0. The van der Waals surface area contributed by atoms with Crippen molar-refractivity contribution < 1.29 is 4.79 Å². The van der Waals surface area contributed by atoms with E-state index in [1.165, 1.54) is 12.0 Å². The highest BCUT2D eigenvalue weighted by molar-refractivity contribution is 5.96. The van der Waals surface area contributed by atoms with E-state index in [4.69, 9.17) is 0 Å². The molecular formula is C16H20N2O. The number of nitrogens with zero attached hydrogens (tertiary/aromatic N) is 1. The van der Waals surface area contributed by atoms with Crippen LogP contribution in [0.3, 0.4) is 0 Å². The van der Waals surface area contributed by atoms with Gasteiger partial charge in [-0.25, -0.2) is 0 Å². The van der Waals surface area contributed by atoms with E-state index in [0.29, 0.717) is 12.5 Å². The van der Waals surface area contributed by atoms with E-state index in [0.717, 1.165) is 18.5 Å². The van der Waals surface area contributed by atoms with Gasteiger partial charge in [0.1, 0.15) is 0 Å². The number of nitrogens with one attached hydrogen (secondary N) is 1. The first kappa shape index (κ1) is 12.4. The fourth-order valence-corrected chi connectivity index (χ4v) is 3.02. The number of hydrogen-bond donors (Lipinski definition) is 1. The van der Waals surface area contributed by atoms with E-state index >= 15 is 0 Å². The van der Waals surface area contributed by atoms with Crippen LogP contribution in [-0.4, -0.2) is 19.0 Å². The lowest BCUT2D eigenvalue weighted by Crippen LogP contribution is -2.41. The Bertz CT molecular complexity index is 509. The average molecular weight is 256 g/mol. The van der Waals surface area contributed by atoms with Crippen LogP contribution in [0, 0.1) is 0 Å². The first-order valence-corrected chi connectivity index (χ1v) is 7.02. The van der Waals surface area contributed by atoms with Crippen molar-refractivity contribution in [2.45, 2.75) is 37.8 Å². The third-order valence-electron chi connectivity index (χ3n) is 4.13. The minimum atomic E-state index is 0.163. The van der Waals surface area contributed by atoms with Crippen LogP contribution in [0.15, 0.2) is 36.4 Å². The highest BCUT2D eigenvalue weighted by Gasteiger charge is 2.30. The molecule has 1 aromatic carbocycles. The molecule has 3 nitrogen and oxygen atoms in total. The summed E-state index contributed by atoms with van der Waals surface area (Å²) in [5.74, 6) is 0.197. The smallest absolute Gasteiger partial charge is 0.228 e. The molecule has 2 atom stereocenters. The quantitative estimate of drug-likeness (QED) is 0.825. The number of allylic oxidation sites excluding steroid dienone is 1. The number of carbonyl (C=O) groups is 1.